The molecule has 1 N–H and O–H groups in total. The number of aliphatic hydroxyl groups is 1. The van der Waals surface area contributed by atoms with Crippen LogP contribution in [0.25, 0.3) is 0 Å². The van der Waals surface area contributed by atoms with Gasteiger partial charge in [-0.05, 0) is 59.3 Å². The summed E-state index contributed by atoms with van der Waals surface area (Å²) in [6.45, 7) is 17.4. The topological polar surface area (TPSA) is 23.5 Å². The molecule has 0 fully saturated rings. The second-order valence-corrected chi connectivity index (χ2v) is 8.95. The Balaban J connectivity index is 2.86. The molecule has 1 aliphatic rings. The highest BCUT2D eigenvalue weighted by molar-refractivity contribution is 6.19. The van der Waals surface area contributed by atoms with Gasteiger partial charge in [0.05, 0.1) is 5.60 Å². The largest absolute Gasteiger partial charge is 0.386 e. The molecule has 2 nitrogen and oxygen atoms in total. The summed E-state index contributed by atoms with van der Waals surface area (Å²) in [6, 6.07) is 6.36. The van der Waals surface area contributed by atoms with Gasteiger partial charge in [0.15, 0.2) is 0 Å². The zero-order chi connectivity index (χ0) is 16.4. The van der Waals surface area contributed by atoms with E-state index in [0.717, 1.165) is 5.56 Å². The summed E-state index contributed by atoms with van der Waals surface area (Å²) in [6.07, 6.45) is 0. The predicted molar refractivity (Wildman–Crippen MR) is 93.9 cm³/mol. The molecule has 1 aromatic carbocycles. The molecule has 3 heteroatoms. The van der Waals surface area contributed by atoms with Crippen LogP contribution in [0.5, 0.6) is 0 Å². The molecule has 0 saturated heterocycles. The minimum atomic E-state index is -0.842. The first-order chi connectivity index (χ1) is 9.22. The van der Waals surface area contributed by atoms with Crippen molar-refractivity contribution in [2.45, 2.75) is 77.4 Å². The fraction of sp³-hybridized carbons (Fsp3) is 0.667. The van der Waals surface area contributed by atoms with Gasteiger partial charge in [0.25, 0.3) is 0 Å². The van der Waals surface area contributed by atoms with E-state index in [1.807, 2.05) is 13.8 Å². The molecule has 1 aromatic rings. The maximum absolute atomic E-state index is 10.7. The Hall–Kier alpha value is -0.955. The Labute approximate surface area is 131 Å². The van der Waals surface area contributed by atoms with E-state index in [0.29, 0.717) is 0 Å². The van der Waals surface area contributed by atoms with Gasteiger partial charge in [-0.15, -0.1) is 0 Å². The minimum Gasteiger partial charge on any atom is -0.386 e. The Bertz CT molecular complexity index is 562. The second-order valence-electron chi connectivity index (χ2n) is 8.95. The van der Waals surface area contributed by atoms with Gasteiger partial charge < -0.3 is 10.0 Å². The fourth-order valence-corrected chi connectivity index (χ4v) is 3.84. The molecule has 1 unspecified atom stereocenters. The monoisotopic (exact) mass is 287 g/mol. The van der Waals surface area contributed by atoms with E-state index >= 15 is 0 Å². The van der Waals surface area contributed by atoms with Crippen molar-refractivity contribution in [3.05, 3.63) is 29.3 Å². The Morgan fingerprint density at radius 1 is 1.05 bits per heavy atom. The molecule has 0 amide bonds. The van der Waals surface area contributed by atoms with Crippen molar-refractivity contribution in [2.75, 3.05) is 4.90 Å². The molecule has 1 heterocycles. The molecule has 1 atom stereocenters. The van der Waals surface area contributed by atoms with Crippen molar-refractivity contribution in [3.8, 4) is 0 Å². The zero-order valence-electron chi connectivity index (χ0n) is 15.1. The summed E-state index contributed by atoms with van der Waals surface area (Å²) in [5.41, 5.74) is 2.70. The lowest BCUT2D eigenvalue weighted by Crippen LogP contribution is -2.59. The van der Waals surface area contributed by atoms with Crippen LogP contribution in [0, 0.1) is 0 Å². The van der Waals surface area contributed by atoms with E-state index in [9.17, 15) is 5.11 Å². The average molecular weight is 287 g/mol. The number of fused-ring (bicyclic) bond motifs is 1. The van der Waals surface area contributed by atoms with Gasteiger partial charge in [-0.2, -0.15) is 0 Å². The SMILES string of the molecule is BC1(C)c2cccc(C(C)(C)O)c2N(C(C)(C)C)C1(C)C. The Kier molecular flexibility index (Phi) is 3.35. The zero-order valence-corrected chi connectivity index (χ0v) is 15.1. The van der Waals surface area contributed by atoms with Gasteiger partial charge in [-0.3, -0.25) is 0 Å². The van der Waals surface area contributed by atoms with Crippen LogP contribution < -0.4 is 4.90 Å². The van der Waals surface area contributed by atoms with E-state index in [4.69, 9.17) is 0 Å². The molecule has 2 rings (SSSR count). The third kappa shape index (κ3) is 2.21. The average Bonchev–Trinajstić information content (AvgIpc) is 2.40. The molecule has 1 aliphatic heterocycles. The van der Waals surface area contributed by atoms with Gasteiger partial charge >= 0.3 is 0 Å². The molecule has 21 heavy (non-hydrogen) atoms. The lowest BCUT2D eigenvalue weighted by Gasteiger charge is -2.50. The van der Waals surface area contributed by atoms with Crippen molar-refractivity contribution in [3.63, 3.8) is 0 Å². The molecule has 0 saturated carbocycles. The van der Waals surface area contributed by atoms with Crippen molar-refractivity contribution >= 4 is 13.5 Å². The van der Waals surface area contributed by atoms with Crippen molar-refractivity contribution < 1.29 is 5.11 Å². The van der Waals surface area contributed by atoms with Crippen LogP contribution in [0.3, 0.4) is 0 Å². The van der Waals surface area contributed by atoms with Crippen LogP contribution in [0.15, 0.2) is 18.2 Å². The van der Waals surface area contributed by atoms with E-state index in [-0.39, 0.29) is 16.4 Å². The van der Waals surface area contributed by atoms with E-state index < -0.39 is 5.60 Å². The highest BCUT2D eigenvalue weighted by Crippen LogP contribution is 2.55. The normalized spacial score (nSPS) is 25.1. The smallest absolute Gasteiger partial charge is 0.117 e. The van der Waals surface area contributed by atoms with Crippen LogP contribution in [-0.4, -0.2) is 24.0 Å². The predicted octanol–water partition coefficient (Wildman–Crippen LogP) is 3.16. The first kappa shape index (κ1) is 16.4. The summed E-state index contributed by atoms with van der Waals surface area (Å²) in [7, 11) is 2.31. The molecular weight excluding hydrogens is 257 g/mol. The Morgan fingerprint density at radius 3 is 2.00 bits per heavy atom. The third-order valence-electron chi connectivity index (χ3n) is 5.35. The highest BCUT2D eigenvalue weighted by atomic mass is 16.3. The molecule has 0 bridgehead atoms. The van der Waals surface area contributed by atoms with Crippen molar-refractivity contribution in [1.82, 2.24) is 0 Å². The molecule has 0 aromatic heterocycles. The summed E-state index contributed by atoms with van der Waals surface area (Å²) in [5.74, 6) is 0. The van der Waals surface area contributed by atoms with E-state index in [1.54, 1.807) is 0 Å². The van der Waals surface area contributed by atoms with Crippen LogP contribution in [0.4, 0.5) is 5.69 Å². The lowest BCUT2D eigenvalue weighted by atomic mass is 9.57. The van der Waals surface area contributed by atoms with Crippen LogP contribution >= 0.6 is 0 Å². The standard InChI is InChI=1S/C18H30BNO/c1-15(2,3)20-14-12(16(4,5)21)10-9-11-13(14)18(8,19)17(20,6)7/h9-11,21H,19H2,1-8H3. The van der Waals surface area contributed by atoms with E-state index in [2.05, 4.69) is 72.5 Å². The first-order valence-corrected chi connectivity index (χ1v) is 7.89. The molecule has 0 aliphatic carbocycles. The Morgan fingerprint density at radius 2 is 1.57 bits per heavy atom. The number of hydrogen-bond donors (Lipinski definition) is 1. The summed E-state index contributed by atoms with van der Waals surface area (Å²) in [5, 5.41) is 10.7. The minimum absolute atomic E-state index is 0.00657. The first-order valence-electron chi connectivity index (χ1n) is 7.89. The van der Waals surface area contributed by atoms with Gasteiger partial charge in [-0.1, -0.05) is 25.1 Å². The molecular formula is C18H30BNO. The van der Waals surface area contributed by atoms with Crippen molar-refractivity contribution in [1.29, 1.82) is 0 Å². The summed E-state index contributed by atoms with van der Waals surface area (Å²) in [4.78, 5) is 2.50. The number of anilines is 1. The van der Waals surface area contributed by atoms with E-state index in [1.165, 1.54) is 11.3 Å². The number of nitrogens with zero attached hydrogens (tertiary/aromatic N) is 1. The number of benzene rings is 1. The maximum atomic E-state index is 10.7. The van der Waals surface area contributed by atoms with Crippen molar-refractivity contribution in [2.24, 2.45) is 0 Å². The molecule has 116 valence electrons. The summed E-state index contributed by atoms with van der Waals surface area (Å²) < 4.78 is 0. The maximum Gasteiger partial charge on any atom is 0.117 e. The molecule has 0 radical (unpaired) electrons. The van der Waals surface area contributed by atoms with Gasteiger partial charge in [-0.25, -0.2) is 0 Å². The van der Waals surface area contributed by atoms with Gasteiger partial charge in [0, 0.05) is 22.3 Å². The highest BCUT2D eigenvalue weighted by Gasteiger charge is 2.54. The lowest BCUT2D eigenvalue weighted by molar-refractivity contribution is 0.0788. The molecule has 0 spiro atoms. The summed E-state index contributed by atoms with van der Waals surface area (Å²) >= 11 is 0. The van der Waals surface area contributed by atoms with Crippen LogP contribution in [0.2, 0.25) is 0 Å². The number of para-hydroxylation sites is 1. The van der Waals surface area contributed by atoms with Gasteiger partial charge in [0.2, 0.25) is 0 Å². The number of hydrogen-bond acceptors (Lipinski definition) is 2. The van der Waals surface area contributed by atoms with Crippen LogP contribution in [0.1, 0.15) is 66.5 Å². The number of rotatable bonds is 1. The van der Waals surface area contributed by atoms with Gasteiger partial charge in [0.1, 0.15) is 7.85 Å². The quantitative estimate of drug-likeness (QED) is 0.802. The second kappa shape index (κ2) is 4.28. The van der Waals surface area contributed by atoms with Crippen LogP contribution in [-0.2, 0) is 10.9 Å². The third-order valence-corrected chi connectivity index (χ3v) is 5.35. The fourth-order valence-electron chi connectivity index (χ4n) is 3.84.